The van der Waals surface area contributed by atoms with Crippen molar-refractivity contribution in [2.24, 2.45) is 10.2 Å². The number of hydrogen-bond acceptors (Lipinski definition) is 5. The zero-order valence-corrected chi connectivity index (χ0v) is 16.1. The molecule has 0 amide bonds. The third kappa shape index (κ3) is 3.66. The van der Waals surface area contributed by atoms with Crippen LogP contribution in [0.1, 0.15) is 22.3 Å². The van der Waals surface area contributed by atoms with E-state index < -0.39 is 5.56 Å². The summed E-state index contributed by atoms with van der Waals surface area (Å²) in [4.78, 5) is 13.0. The van der Waals surface area contributed by atoms with Crippen molar-refractivity contribution in [2.45, 2.75) is 20.4 Å². The van der Waals surface area contributed by atoms with Gasteiger partial charge in [0.2, 0.25) is 5.88 Å². The average Bonchev–Trinajstić information content (AvgIpc) is 2.69. The number of benzene rings is 2. The minimum Gasteiger partial charge on any atom is -0.493 e. The van der Waals surface area contributed by atoms with Crippen molar-refractivity contribution in [2.75, 3.05) is 0 Å². The van der Waals surface area contributed by atoms with E-state index in [0.717, 1.165) is 15.7 Å². The molecule has 7 heteroatoms. The van der Waals surface area contributed by atoms with Crippen LogP contribution in [0.4, 0.5) is 11.4 Å². The first-order valence-electron chi connectivity index (χ1n) is 8.51. The molecule has 0 spiro atoms. The van der Waals surface area contributed by atoms with Crippen molar-refractivity contribution in [3.63, 3.8) is 0 Å². The molecule has 3 rings (SSSR count). The van der Waals surface area contributed by atoms with Crippen molar-refractivity contribution in [3.05, 3.63) is 86.2 Å². The molecule has 0 fully saturated rings. The molecule has 3 aromatic rings. The van der Waals surface area contributed by atoms with Crippen LogP contribution in [-0.2, 0) is 6.54 Å². The van der Waals surface area contributed by atoms with E-state index >= 15 is 0 Å². The van der Waals surface area contributed by atoms with Crippen LogP contribution in [0, 0.1) is 25.2 Å². The summed E-state index contributed by atoms with van der Waals surface area (Å²) in [5.74, 6) is -0.383. The summed E-state index contributed by atoms with van der Waals surface area (Å²) in [7, 11) is 0. The lowest BCUT2D eigenvalue weighted by Gasteiger charge is -2.13. The standard InChI is InChI=1S/C21H17ClN4O2/c1-13-16(11-23)20(27)26(12-15-7-4-3-5-8-15)21(28)19(13)25-24-18-10-6-9-17(22)14(18)2/h3-10,27H,12H2,1-2H3. The molecule has 0 aliphatic rings. The summed E-state index contributed by atoms with van der Waals surface area (Å²) in [6.07, 6.45) is 0. The third-order valence-corrected chi connectivity index (χ3v) is 4.86. The Hall–Kier alpha value is -3.43. The number of hydrogen-bond donors (Lipinski definition) is 1. The second kappa shape index (κ2) is 8.07. The molecule has 0 aliphatic carbocycles. The summed E-state index contributed by atoms with van der Waals surface area (Å²) >= 11 is 6.10. The van der Waals surface area contributed by atoms with Crippen LogP contribution in [0.25, 0.3) is 0 Å². The highest BCUT2D eigenvalue weighted by atomic mass is 35.5. The Morgan fingerprint density at radius 2 is 1.79 bits per heavy atom. The quantitative estimate of drug-likeness (QED) is 0.621. The fraction of sp³-hybridized carbons (Fsp3) is 0.143. The van der Waals surface area contributed by atoms with E-state index in [4.69, 9.17) is 11.6 Å². The van der Waals surface area contributed by atoms with Gasteiger partial charge in [0.05, 0.1) is 12.2 Å². The minimum absolute atomic E-state index is 0.00431. The van der Waals surface area contributed by atoms with Crippen LogP contribution in [0.3, 0.4) is 0 Å². The molecule has 1 aromatic heterocycles. The molecule has 140 valence electrons. The van der Waals surface area contributed by atoms with E-state index in [0.29, 0.717) is 10.7 Å². The molecule has 6 nitrogen and oxygen atoms in total. The number of halogens is 1. The lowest BCUT2D eigenvalue weighted by molar-refractivity contribution is 0.412. The highest BCUT2D eigenvalue weighted by Gasteiger charge is 2.19. The highest BCUT2D eigenvalue weighted by Crippen LogP contribution is 2.30. The van der Waals surface area contributed by atoms with Gasteiger partial charge in [0.1, 0.15) is 11.6 Å². The molecule has 1 N–H and O–H groups in total. The van der Waals surface area contributed by atoms with E-state index in [1.54, 1.807) is 32.0 Å². The zero-order chi connectivity index (χ0) is 20.3. The highest BCUT2D eigenvalue weighted by molar-refractivity contribution is 6.31. The lowest BCUT2D eigenvalue weighted by Crippen LogP contribution is -2.22. The first-order chi connectivity index (χ1) is 13.4. The van der Waals surface area contributed by atoms with Gasteiger partial charge in [-0.25, -0.2) is 0 Å². The zero-order valence-electron chi connectivity index (χ0n) is 15.3. The van der Waals surface area contributed by atoms with Gasteiger partial charge in [-0.05, 0) is 37.1 Å². The minimum atomic E-state index is -0.527. The number of nitrogens with zero attached hydrogens (tertiary/aromatic N) is 4. The summed E-state index contributed by atoms with van der Waals surface area (Å²) in [6.45, 7) is 3.47. The first-order valence-corrected chi connectivity index (χ1v) is 8.89. The molecule has 0 saturated heterocycles. The average molecular weight is 393 g/mol. The van der Waals surface area contributed by atoms with Crippen LogP contribution in [-0.4, -0.2) is 9.67 Å². The van der Waals surface area contributed by atoms with Crippen molar-refractivity contribution >= 4 is 23.0 Å². The Balaban J connectivity index is 2.14. The van der Waals surface area contributed by atoms with E-state index in [2.05, 4.69) is 10.2 Å². The SMILES string of the molecule is Cc1c(Cl)cccc1N=Nc1c(C)c(C#N)c(O)n(Cc2ccccc2)c1=O. The largest absolute Gasteiger partial charge is 0.493 e. The number of aromatic nitrogens is 1. The van der Waals surface area contributed by atoms with Gasteiger partial charge in [0, 0.05) is 10.6 Å². The predicted octanol–water partition coefficient (Wildman–Crippen LogP) is 5.16. The van der Waals surface area contributed by atoms with Crippen LogP contribution in [0.5, 0.6) is 5.88 Å². The van der Waals surface area contributed by atoms with Crippen molar-refractivity contribution in [1.82, 2.24) is 4.57 Å². The molecule has 0 atom stereocenters. The fourth-order valence-corrected chi connectivity index (χ4v) is 2.95. The fourth-order valence-electron chi connectivity index (χ4n) is 2.78. The molecule has 0 bridgehead atoms. The molecule has 2 aromatic carbocycles. The molecule has 0 radical (unpaired) electrons. The van der Waals surface area contributed by atoms with Gasteiger partial charge in [0.15, 0.2) is 5.69 Å². The molecule has 0 saturated carbocycles. The second-order valence-corrected chi connectivity index (χ2v) is 6.65. The first kappa shape index (κ1) is 19.3. The van der Waals surface area contributed by atoms with Crippen molar-refractivity contribution < 1.29 is 5.11 Å². The Labute approximate surface area is 167 Å². The number of azo groups is 1. The van der Waals surface area contributed by atoms with Gasteiger partial charge in [-0.15, -0.1) is 5.11 Å². The van der Waals surface area contributed by atoms with Gasteiger partial charge >= 0.3 is 0 Å². The number of nitriles is 1. The normalized spacial score (nSPS) is 10.9. The maximum atomic E-state index is 13.0. The number of pyridine rings is 1. The van der Waals surface area contributed by atoms with E-state index in [1.807, 2.05) is 36.4 Å². The van der Waals surface area contributed by atoms with E-state index in [-0.39, 0.29) is 29.2 Å². The lowest BCUT2D eigenvalue weighted by atomic mass is 10.1. The van der Waals surface area contributed by atoms with E-state index in [9.17, 15) is 15.2 Å². The molecule has 0 aliphatic heterocycles. The Morgan fingerprint density at radius 1 is 1.07 bits per heavy atom. The maximum absolute atomic E-state index is 13.0. The van der Waals surface area contributed by atoms with Gasteiger partial charge in [0.25, 0.3) is 5.56 Å². The summed E-state index contributed by atoms with van der Waals surface area (Å²) in [5.41, 5.74) is 1.80. The monoisotopic (exact) mass is 392 g/mol. The van der Waals surface area contributed by atoms with Gasteiger partial charge < -0.3 is 5.11 Å². The third-order valence-electron chi connectivity index (χ3n) is 4.45. The van der Waals surface area contributed by atoms with Gasteiger partial charge in [-0.1, -0.05) is 48.0 Å². The van der Waals surface area contributed by atoms with Crippen LogP contribution in [0.2, 0.25) is 5.02 Å². The summed E-state index contributed by atoms with van der Waals surface area (Å²) in [5, 5.41) is 28.7. The number of rotatable bonds is 4. The number of aromatic hydroxyl groups is 1. The van der Waals surface area contributed by atoms with Crippen LogP contribution >= 0.6 is 11.6 Å². The van der Waals surface area contributed by atoms with Gasteiger partial charge in [-0.3, -0.25) is 9.36 Å². The molecular formula is C21H17ClN4O2. The maximum Gasteiger partial charge on any atom is 0.281 e. The molecule has 28 heavy (non-hydrogen) atoms. The molecule has 1 heterocycles. The molecular weight excluding hydrogens is 376 g/mol. The van der Waals surface area contributed by atoms with Crippen LogP contribution in [0.15, 0.2) is 63.6 Å². The molecule has 0 unspecified atom stereocenters. The van der Waals surface area contributed by atoms with E-state index in [1.165, 1.54) is 0 Å². The Morgan fingerprint density at radius 3 is 2.46 bits per heavy atom. The van der Waals surface area contributed by atoms with Gasteiger partial charge in [-0.2, -0.15) is 10.4 Å². The summed E-state index contributed by atoms with van der Waals surface area (Å²) in [6, 6.07) is 16.3. The topological polar surface area (TPSA) is 90.7 Å². The van der Waals surface area contributed by atoms with Crippen molar-refractivity contribution in [1.29, 1.82) is 5.26 Å². The smallest absolute Gasteiger partial charge is 0.281 e. The van der Waals surface area contributed by atoms with Crippen LogP contribution < -0.4 is 5.56 Å². The van der Waals surface area contributed by atoms with Crippen molar-refractivity contribution in [3.8, 4) is 11.9 Å². The predicted molar refractivity (Wildman–Crippen MR) is 108 cm³/mol. The summed E-state index contributed by atoms with van der Waals surface area (Å²) < 4.78 is 1.13. The Kier molecular flexibility index (Phi) is 5.57. The second-order valence-electron chi connectivity index (χ2n) is 6.24. The Bertz CT molecular complexity index is 1160.